The predicted octanol–water partition coefficient (Wildman–Crippen LogP) is 1.67. The number of para-hydroxylation sites is 2. The van der Waals surface area contributed by atoms with Crippen molar-refractivity contribution >= 4 is 17.3 Å². The molecule has 1 heterocycles. The molecule has 0 aliphatic carbocycles. The number of nitriles is 1. The van der Waals surface area contributed by atoms with E-state index in [0.29, 0.717) is 18.0 Å². The van der Waals surface area contributed by atoms with Crippen LogP contribution in [0.4, 0.5) is 11.4 Å². The number of nitrogens with zero attached hydrogens (tertiary/aromatic N) is 3. The van der Waals surface area contributed by atoms with Gasteiger partial charge in [-0.2, -0.15) is 5.26 Å². The number of aromatic nitrogens is 1. The molecule has 1 aromatic heterocycles. The van der Waals surface area contributed by atoms with E-state index in [-0.39, 0.29) is 0 Å². The number of nitrogens with one attached hydrogen (secondary N) is 1. The molecular weight excluding hydrogens is 328 g/mol. The molecule has 0 bridgehead atoms. The van der Waals surface area contributed by atoms with E-state index in [0.717, 1.165) is 16.8 Å². The van der Waals surface area contributed by atoms with E-state index in [4.69, 9.17) is 10.00 Å². The minimum Gasteiger partial charge on any atom is -0.492 e. The van der Waals surface area contributed by atoms with E-state index in [2.05, 4.69) is 5.32 Å². The number of carbonyl (C=O) groups excluding carboxylic acids is 1. The highest BCUT2D eigenvalue weighted by Gasteiger charge is 2.16. The molecule has 9 heteroatoms. The van der Waals surface area contributed by atoms with Crippen molar-refractivity contribution in [2.24, 2.45) is 0 Å². The molecule has 0 spiro atoms. The summed E-state index contributed by atoms with van der Waals surface area (Å²) in [5.41, 5.74) is -1.22. The van der Waals surface area contributed by atoms with Crippen molar-refractivity contribution in [3.63, 3.8) is 0 Å². The van der Waals surface area contributed by atoms with Crippen LogP contribution in [0.3, 0.4) is 0 Å². The van der Waals surface area contributed by atoms with E-state index >= 15 is 0 Å². The molecule has 128 valence electrons. The third-order valence-corrected chi connectivity index (χ3v) is 3.18. The Bertz CT molecular complexity index is 913. The van der Waals surface area contributed by atoms with Crippen LogP contribution in [0, 0.1) is 21.4 Å². The van der Waals surface area contributed by atoms with Gasteiger partial charge in [-0.25, -0.2) is 0 Å². The number of hydrogen-bond acceptors (Lipinski definition) is 6. The maximum atomic E-state index is 12.2. The van der Waals surface area contributed by atoms with Crippen molar-refractivity contribution < 1.29 is 14.5 Å². The Kier molecular flexibility index (Phi) is 5.47. The van der Waals surface area contributed by atoms with Crippen LogP contribution in [-0.2, 0) is 11.3 Å². The van der Waals surface area contributed by atoms with Gasteiger partial charge in [-0.3, -0.25) is 24.3 Å². The second kappa shape index (κ2) is 7.74. The molecule has 0 saturated heterocycles. The number of pyridine rings is 1. The monoisotopic (exact) mass is 342 g/mol. The summed E-state index contributed by atoms with van der Waals surface area (Å²) in [7, 11) is 0. The fraction of sp³-hybridized carbons (Fsp3) is 0.188. The third-order valence-electron chi connectivity index (χ3n) is 3.18. The highest BCUT2D eigenvalue weighted by atomic mass is 16.6. The van der Waals surface area contributed by atoms with Gasteiger partial charge < -0.3 is 10.1 Å². The number of nitro groups is 1. The van der Waals surface area contributed by atoms with E-state index in [1.54, 1.807) is 37.3 Å². The van der Waals surface area contributed by atoms with Gasteiger partial charge in [0.05, 0.1) is 23.4 Å². The lowest BCUT2D eigenvalue weighted by molar-refractivity contribution is -0.385. The zero-order valence-corrected chi connectivity index (χ0v) is 13.3. The quantitative estimate of drug-likeness (QED) is 0.628. The Labute approximate surface area is 142 Å². The van der Waals surface area contributed by atoms with Gasteiger partial charge in [-0.05, 0) is 19.1 Å². The van der Waals surface area contributed by atoms with Gasteiger partial charge in [-0.15, -0.1) is 0 Å². The molecule has 0 radical (unpaired) electrons. The standard InChI is InChI=1S/C16H14N4O5/c1-2-25-14-6-4-3-5-13(14)18-15(21)10-19-9-12(20(23)24)7-11(8-17)16(19)22/h3-7,9H,2,10H2,1H3,(H,18,21). The van der Waals surface area contributed by atoms with Gasteiger partial charge in [0.15, 0.2) is 0 Å². The van der Waals surface area contributed by atoms with Crippen molar-refractivity contribution in [1.29, 1.82) is 5.26 Å². The lowest BCUT2D eigenvalue weighted by atomic mass is 10.2. The van der Waals surface area contributed by atoms with Crippen molar-refractivity contribution in [2.75, 3.05) is 11.9 Å². The molecule has 0 unspecified atom stereocenters. The van der Waals surface area contributed by atoms with E-state index in [9.17, 15) is 19.7 Å². The van der Waals surface area contributed by atoms with Crippen LogP contribution in [0.15, 0.2) is 41.3 Å². The van der Waals surface area contributed by atoms with Gasteiger partial charge in [0.2, 0.25) is 5.91 Å². The topological polar surface area (TPSA) is 127 Å². The Morgan fingerprint density at radius 3 is 2.80 bits per heavy atom. The minimum absolute atomic E-state index is 0.406. The molecule has 0 saturated carbocycles. The fourth-order valence-electron chi connectivity index (χ4n) is 2.11. The summed E-state index contributed by atoms with van der Waals surface area (Å²) in [5, 5.41) is 22.4. The van der Waals surface area contributed by atoms with Crippen LogP contribution in [0.2, 0.25) is 0 Å². The Morgan fingerprint density at radius 1 is 1.44 bits per heavy atom. The van der Waals surface area contributed by atoms with E-state index in [1.165, 1.54) is 0 Å². The Balaban J connectivity index is 2.27. The van der Waals surface area contributed by atoms with Crippen LogP contribution >= 0.6 is 0 Å². The summed E-state index contributed by atoms with van der Waals surface area (Å²) in [6.07, 6.45) is 0.928. The number of hydrogen-bond donors (Lipinski definition) is 1. The summed E-state index contributed by atoms with van der Waals surface area (Å²) < 4.78 is 6.21. The number of anilines is 1. The number of carbonyl (C=O) groups is 1. The van der Waals surface area contributed by atoms with Crippen LogP contribution < -0.4 is 15.6 Å². The van der Waals surface area contributed by atoms with Crippen molar-refractivity contribution in [3.05, 3.63) is 62.6 Å². The average Bonchev–Trinajstić information content (AvgIpc) is 2.58. The molecule has 0 atom stereocenters. The summed E-state index contributed by atoms with van der Waals surface area (Å²) in [6, 6.07) is 9.21. The minimum atomic E-state index is -0.777. The molecule has 2 aromatic rings. The van der Waals surface area contributed by atoms with Crippen LogP contribution in [0.1, 0.15) is 12.5 Å². The van der Waals surface area contributed by atoms with Crippen molar-refractivity contribution in [2.45, 2.75) is 13.5 Å². The number of ether oxygens (including phenoxy) is 1. The van der Waals surface area contributed by atoms with Crippen LogP contribution in [0.5, 0.6) is 5.75 Å². The smallest absolute Gasteiger partial charge is 0.287 e. The second-order valence-electron chi connectivity index (χ2n) is 4.89. The molecule has 1 amide bonds. The Morgan fingerprint density at radius 2 is 2.16 bits per heavy atom. The number of benzene rings is 1. The first-order chi connectivity index (χ1) is 12.0. The molecule has 25 heavy (non-hydrogen) atoms. The molecule has 0 aliphatic heterocycles. The van der Waals surface area contributed by atoms with Gasteiger partial charge >= 0.3 is 0 Å². The first-order valence-electron chi connectivity index (χ1n) is 7.27. The van der Waals surface area contributed by atoms with Gasteiger partial charge in [0.25, 0.3) is 11.2 Å². The third kappa shape index (κ3) is 4.20. The molecule has 2 rings (SSSR count). The predicted molar refractivity (Wildman–Crippen MR) is 88.3 cm³/mol. The number of amides is 1. The van der Waals surface area contributed by atoms with Gasteiger partial charge in [0.1, 0.15) is 23.9 Å². The first-order valence-corrected chi connectivity index (χ1v) is 7.27. The van der Waals surface area contributed by atoms with E-state index < -0.39 is 34.2 Å². The van der Waals surface area contributed by atoms with E-state index in [1.807, 2.05) is 0 Å². The highest BCUT2D eigenvalue weighted by Crippen LogP contribution is 2.23. The first kappa shape index (κ1) is 17.7. The van der Waals surface area contributed by atoms with Crippen LogP contribution in [-0.4, -0.2) is 22.0 Å². The summed E-state index contributed by atoms with van der Waals surface area (Å²) in [4.78, 5) is 34.4. The SMILES string of the molecule is CCOc1ccccc1NC(=O)Cn1cc([N+](=O)[O-])cc(C#N)c1=O. The highest BCUT2D eigenvalue weighted by molar-refractivity contribution is 5.92. The summed E-state index contributed by atoms with van der Waals surface area (Å²) in [5.74, 6) is -0.124. The number of rotatable bonds is 6. The van der Waals surface area contributed by atoms with Gasteiger partial charge in [-0.1, -0.05) is 12.1 Å². The van der Waals surface area contributed by atoms with Crippen molar-refractivity contribution in [1.82, 2.24) is 4.57 Å². The zero-order chi connectivity index (χ0) is 18.4. The molecule has 9 nitrogen and oxygen atoms in total. The van der Waals surface area contributed by atoms with Gasteiger partial charge in [0, 0.05) is 6.07 Å². The molecule has 0 aliphatic rings. The van der Waals surface area contributed by atoms with Crippen molar-refractivity contribution in [3.8, 4) is 11.8 Å². The Hall–Kier alpha value is -3.67. The second-order valence-corrected chi connectivity index (χ2v) is 4.89. The lowest BCUT2D eigenvalue weighted by Crippen LogP contribution is -2.29. The maximum absolute atomic E-state index is 12.2. The molecule has 1 N–H and O–H groups in total. The molecule has 1 aromatic carbocycles. The molecular formula is C16H14N4O5. The fourth-order valence-corrected chi connectivity index (χ4v) is 2.11. The lowest BCUT2D eigenvalue weighted by Gasteiger charge is -2.12. The van der Waals surface area contributed by atoms with Crippen LogP contribution in [0.25, 0.3) is 0 Å². The average molecular weight is 342 g/mol. The molecule has 0 fully saturated rings. The summed E-state index contributed by atoms with van der Waals surface area (Å²) >= 11 is 0. The largest absolute Gasteiger partial charge is 0.492 e. The zero-order valence-electron chi connectivity index (χ0n) is 13.3. The summed E-state index contributed by atoms with van der Waals surface area (Å²) in [6.45, 7) is 1.73. The normalized spacial score (nSPS) is 9.92. The maximum Gasteiger partial charge on any atom is 0.287 e.